The second kappa shape index (κ2) is 6.41. The van der Waals surface area contributed by atoms with Gasteiger partial charge >= 0.3 is 5.97 Å². The third-order valence-corrected chi connectivity index (χ3v) is 2.29. The summed E-state index contributed by atoms with van der Waals surface area (Å²) in [6.07, 6.45) is 0. The Labute approximate surface area is 113 Å². The molecule has 0 saturated heterocycles. The fraction of sp³-hybridized carbons (Fsp3) is 0.250. The van der Waals surface area contributed by atoms with Crippen LogP contribution < -0.4 is 10.1 Å². The highest BCUT2D eigenvalue weighted by Crippen LogP contribution is 2.17. The normalized spacial score (nSPS) is 11.3. The minimum atomic E-state index is -1.01. The van der Waals surface area contributed by atoms with Gasteiger partial charge in [0.05, 0.1) is 4.92 Å². The van der Waals surface area contributed by atoms with Gasteiger partial charge < -0.3 is 10.1 Å². The molecular formula is C12H12N2O6. The van der Waals surface area contributed by atoms with Gasteiger partial charge in [0.2, 0.25) is 5.78 Å². The monoisotopic (exact) mass is 280 g/mol. The summed E-state index contributed by atoms with van der Waals surface area (Å²) in [6.45, 7) is 2.43. The first-order valence-corrected chi connectivity index (χ1v) is 5.59. The predicted octanol–water partition coefficient (Wildman–Crippen LogP) is 0.594. The summed E-state index contributed by atoms with van der Waals surface area (Å²) in [5.41, 5.74) is -0.136. The van der Waals surface area contributed by atoms with Crippen LogP contribution >= 0.6 is 0 Å². The molecule has 0 bridgehead atoms. The van der Waals surface area contributed by atoms with Crippen LogP contribution in [-0.4, -0.2) is 28.6 Å². The number of carbonyl (C=O) groups excluding carboxylic acids is 3. The summed E-state index contributed by atoms with van der Waals surface area (Å²) in [7, 11) is 0. The quantitative estimate of drug-likeness (QED) is 0.277. The lowest BCUT2D eigenvalue weighted by Crippen LogP contribution is -2.43. The number of nitro groups is 1. The van der Waals surface area contributed by atoms with Crippen molar-refractivity contribution in [3.63, 3.8) is 0 Å². The molecule has 0 fully saturated rings. The molecule has 0 aliphatic heterocycles. The second-order valence-corrected chi connectivity index (χ2v) is 3.92. The zero-order chi connectivity index (χ0) is 15.3. The highest BCUT2D eigenvalue weighted by Gasteiger charge is 2.20. The van der Waals surface area contributed by atoms with Crippen molar-refractivity contribution in [1.29, 1.82) is 0 Å². The first-order chi connectivity index (χ1) is 9.31. The Morgan fingerprint density at radius 1 is 1.25 bits per heavy atom. The number of rotatable bonds is 5. The number of ketones is 1. The number of esters is 1. The average Bonchev–Trinajstić information content (AvgIpc) is 2.38. The van der Waals surface area contributed by atoms with E-state index in [9.17, 15) is 24.5 Å². The van der Waals surface area contributed by atoms with E-state index in [-0.39, 0.29) is 11.4 Å². The van der Waals surface area contributed by atoms with E-state index in [0.717, 1.165) is 6.92 Å². The largest absolute Gasteiger partial charge is 0.425 e. The van der Waals surface area contributed by atoms with Crippen LogP contribution in [0.25, 0.3) is 0 Å². The standard InChI is InChI=1S/C12H12N2O6/c1-7(13-11(16)8(2)15)12(17)20-10-5-3-9(4-6-10)14(18)19/h3-7H,1-2H3,(H,13,16). The lowest BCUT2D eigenvalue weighted by Gasteiger charge is -2.11. The Morgan fingerprint density at radius 3 is 2.25 bits per heavy atom. The molecule has 1 amide bonds. The van der Waals surface area contributed by atoms with E-state index in [0.29, 0.717) is 0 Å². The molecule has 1 atom stereocenters. The Morgan fingerprint density at radius 2 is 1.80 bits per heavy atom. The van der Waals surface area contributed by atoms with E-state index >= 15 is 0 Å². The maximum absolute atomic E-state index is 11.6. The van der Waals surface area contributed by atoms with Gasteiger partial charge in [-0.05, 0) is 19.1 Å². The molecule has 0 aromatic heterocycles. The predicted molar refractivity (Wildman–Crippen MR) is 67.0 cm³/mol. The van der Waals surface area contributed by atoms with Crippen molar-refractivity contribution < 1.29 is 24.0 Å². The molecule has 20 heavy (non-hydrogen) atoms. The molecule has 1 aromatic rings. The van der Waals surface area contributed by atoms with Crippen molar-refractivity contribution in [3.05, 3.63) is 34.4 Å². The van der Waals surface area contributed by atoms with Gasteiger partial charge in [-0.3, -0.25) is 19.7 Å². The van der Waals surface area contributed by atoms with Gasteiger partial charge in [0.25, 0.3) is 11.6 Å². The molecule has 106 valence electrons. The number of Topliss-reactive ketones (excluding diaryl/α,β-unsaturated/α-hetero) is 1. The number of hydrogen-bond donors (Lipinski definition) is 1. The van der Waals surface area contributed by atoms with Crippen LogP contribution in [0.15, 0.2) is 24.3 Å². The van der Waals surface area contributed by atoms with Crippen LogP contribution in [0.3, 0.4) is 0 Å². The first kappa shape index (κ1) is 15.3. The average molecular weight is 280 g/mol. The molecule has 0 saturated carbocycles. The fourth-order valence-electron chi connectivity index (χ4n) is 1.20. The Balaban J connectivity index is 2.63. The molecule has 0 aliphatic rings. The Bertz CT molecular complexity index is 552. The lowest BCUT2D eigenvalue weighted by molar-refractivity contribution is -0.384. The van der Waals surface area contributed by atoms with Gasteiger partial charge in [-0.25, -0.2) is 4.79 Å². The highest BCUT2D eigenvalue weighted by molar-refractivity contribution is 6.35. The summed E-state index contributed by atoms with van der Waals surface area (Å²) in [4.78, 5) is 43.3. The lowest BCUT2D eigenvalue weighted by atomic mass is 10.3. The number of nitro benzene ring substituents is 1. The van der Waals surface area contributed by atoms with Gasteiger partial charge in [0.1, 0.15) is 11.8 Å². The first-order valence-electron chi connectivity index (χ1n) is 5.59. The molecule has 0 heterocycles. The smallest absolute Gasteiger partial charge is 0.333 e. The third kappa shape index (κ3) is 4.16. The Kier molecular flexibility index (Phi) is 4.90. The van der Waals surface area contributed by atoms with Crippen molar-refractivity contribution in [2.45, 2.75) is 19.9 Å². The second-order valence-electron chi connectivity index (χ2n) is 3.92. The van der Waals surface area contributed by atoms with E-state index in [4.69, 9.17) is 4.74 Å². The molecule has 0 aliphatic carbocycles. The number of carbonyl (C=O) groups is 3. The number of hydrogen-bond acceptors (Lipinski definition) is 6. The number of ether oxygens (including phenoxy) is 1. The Hall–Kier alpha value is -2.77. The maximum atomic E-state index is 11.6. The van der Waals surface area contributed by atoms with Crippen LogP contribution in [0.1, 0.15) is 13.8 Å². The van der Waals surface area contributed by atoms with Gasteiger partial charge in [-0.15, -0.1) is 0 Å². The maximum Gasteiger partial charge on any atom is 0.333 e. The molecular weight excluding hydrogens is 268 g/mol. The zero-order valence-corrected chi connectivity index (χ0v) is 10.8. The number of amides is 1. The molecule has 1 rings (SSSR count). The summed E-state index contributed by atoms with van der Waals surface area (Å²) >= 11 is 0. The molecule has 1 unspecified atom stereocenters. The summed E-state index contributed by atoms with van der Waals surface area (Å²) < 4.78 is 4.90. The van der Waals surface area contributed by atoms with Gasteiger partial charge in [0.15, 0.2) is 0 Å². The van der Waals surface area contributed by atoms with Gasteiger partial charge in [0, 0.05) is 19.1 Å². The summed E-state index contributed by atoms with van der Waals surface area (Å²) in [5.74, 6) is -2.30. The minimum absolute atomic E-state index is 0.101. The molecule has 1 aromatic carbocycles. The number of nitrogens with one attached hydrogen (secondary N) is 1. The van der Waals surface area contributed by atoms with Crippen molar-refractivity contribution in [3.8, 4) is 5.75 Å². The number of non-ortho nitro benzene ring substituents is 1. The fourth-order valence-corrected chi connectivity index (χ4v) is 1.20. The van der Waals surface area contributed by atoms with Crippen LogP contribution in [0.5, 0.6) is 5.75 Å². The van der Waals surface area contributed by atoms with Gasteiger partial charge in [-0.2, -0.15) is 0 Å². The van der Waals surface area contributed by atoms with E-state index in [2.05, 4.69) is 5.32 Å². The highest BCUT2D eigenvalue weighted by atomic mass is 16.6. The number of nitrogens with zero attached hydrogens (tertiary/aromatic N) is 1. The van der Waals surface area contributed by atoms with Crippen molar-refractivity contribution >= 4 is 23.3 Å². The molecule has 1 N–H and O–H groups in total. The van der Waals surface area contributed by atoms with Crippen molar-refractivity contribution in [2.75, 3.05) is 0 Å². The van der Waals surface area contributed by atoms with E-state index < -0.39 is 28.6 Å². The van der Waals surface area contributed by atoms with Crippen LogP contribution in [-0.2, 0) is 14.4 Å². The number of benzene rings is 1. The topological polar surface area (TPSA) is 116 Å². The van der Waals surface area contributed by atoms with Crippen LogP contribution in [0.2, 0.25) is 0 Å². The molecule has 8 heteroatoms. The van der Waals surface area contributed by atoms with Crippen molar-refractivity contribution in [1.82, 2.24) is 5.32 Å². The van der Waals surface area contributed by atoms with E-state index in [1.54, 1.807) is 0 Å². The molecule has 8 nitrogen and oxygen atoms in total. The minimum Gasteiger partial charge on any atom is -0.425 e. The molecule has 0 spiro atoms. The summed E-state index contributed by atoms with van der Waals surface area (Å²) in [6, 6.07) is 3.87. The third-order valence-electron chi connectivity index (χ3n) is 2.29. The van der Waals surface area contributed by atoms with Crippen LogP contribution in [0, 0.1) is 10.1 Å². The zero-order valence-electron chi connectivity index (χ0n) is 10.8. The van der Waals surface area contributed by atoms with Gasteiger partial charge in [-0.1, -0.05) is 0 Å². The summed E-state index contributed by atoms with van der Waals surface area (Å²) in [5, 5.41) is 12.6. The van der Waals surface area contributed by atoms with E-state index in [1.165, 1.54) is 31.2 Å². The van der Waals surface area contributed by atoms with Crippen molar-refractivity contribution in [2.24, 2.45) is 0 Å². The SMILES string of the molecule is CC(=O)C(=O)NC(C)C(=O)Oc1ccc([N+](=O)[O-])cc1. The van der Waals surface area contributed by atoms with Crippen LogP contribution in [0.4, 0.5) is 5.69 Å². The van der Waals surface area contributed by atoms with E-state index in [1.807, 2.05) is 0 Å². The molecule has 0 radical (unpaired) electrons.